The van der Waals surface area contributed by atoms with Gasteiger partial charge in [0.15, 0.2) is 11.5 Å². The topological polar surface area (TPSA) is 114 Å². The summed E-state index contributed by atoms with van der Waals surface area (Å²) < 4.78 is 11.2. The highest BCUT2D eigenvalue weighted by Crippen LogP contribution is 2.37. The fraction of sp³-hybridized carbons (Fsp3) is 0.154. The molecule has 1 N–H and O–H groups in total. The van der Waals surface area contributed by atoms with Gasteiger partial charge in [-0.3, -0.25) is 14.9 Å². The molecule has 3 rings (SSSR count). The number of amides is 1. The summed E-state index contributed by atoms with van der Waals surface area (Å²) in [5, 5.41) is 23.2. The maximum Gasteiger partial charge on any atom is 0.269 e. The van der Waals surface area contributed by atoms with Gasteiger partial charge >= 0.3 is 0 Å². The molecule has 0 heterocycles. The number of aryl methyl sites for hydroxylation is 1. The van der Waals surface area contributed by atoms with E-state index in [0.29, 0.717) is 22.6 Å². The van der Waals surface area contributed by atoms with E-state index in [1.807, 2.05) is 25.1 Å². The average molecular weight is 492 g/mol. The number of halogens is 1. The van der Waals surface area contributed by atoms with E-state index in [1.54, 1.807) is 36.4 Å². The number of benzene rings is 3. The van der Waals surface area contributed by atoms with Crippen LogP contribution in [0.2, 0.25) is 5.02 Å². The first-order valence-electron chi connectivity index (χ1n) is 10.6. The molecule has 1 amide bonds. The van der Waals surface area contributed by atoms with Crippen molar-refractivity contribution in [3.05, 3.63) is 98.1 Å². The number of rotatable bonds is 9. The van der Waals surface area contributed by atoms with Crippen LogP contribution in [0.5, 0.6) is 11.5 Å². The molecule has 0 saturated heterocycles. The van der Waals surface area contributed by atoms with Crippen molar-refractivity contribution >= 4 is 35.0 Å². The summed E-state index contributed by atoms with van der Waals surface area (Å²) in [6, 6.07) is 18.4. The zero-order valence-electron chi connectivity index (χ0n) is 19.1. The lowest BCUT2D eigenvalue weighted by Crippen LogP contribution is -2.13. The second-order valence-electron chi connectivity index (χ2n) is 7.42. The van der Waals surface area contributed by atoms with Gasteiger partial charge in [-0.1, -0.05) is 30.7 Å². The molecular weight excluding hydrogens is 470 g/mol. The summed E-state index contributed by atoms with van der Waals surface area (Å²) in [7, 11) is 1.44. The number of hydrogen-bond acceptors (Lipinski definition) is 6. The zero-order valence-corrected chi connectivity index (χ0v) is 19.8. The first-order chi connectivity index (χ1) is 16.8. The molecule has 0 atom stereocenters. The minimum atomic E-state index is -0.551. The smallest absolute Gasteiger partial charge is 0.269 e. The van der Waals surface area contributed by atoms with Gasteiger partial charge in [0.25, 0.3) is 11.6 Å². The van der Waals surface area contributed by atoms with Crippen LogP contribution in [0.15, 0.2) is 66.2 Å². The molecule has 35 heavy (non-hydrogen) atoms. The van der Waals surface area contributed by atoms with Gasteiger partial charge in [0.1, 0.15) is 18.2 Å². The standard InChI is InChI=1S/C26H22ClN3O5/c1-3-17-4-8-21(9-5-17)29-26(31)20(15-28)12-19-13-23(27)25(24(14-19)34-2)35-16-18-6-10-22(11-7-18)30(32)33/h4-14H,3,16H2,1-2H3,(H,29,31)/b20-12+. The number of non-ortho nitro benzene ring substituents is 1. The minimum Gasteiger partial charge on any atom is -0.493 e. The van der Waals surface area contributed by atoms with Crippen LogP contribution in [0.3, 0.4) is 0 Å². The van der Waals surface area contributed by atoms with Crippen molar-refractivity contribution in [3.63, 3.8) is 0 Å². The summed E-state index contributed by atoms with van der Waals surface area (Å²) in [4.78, 5) is 22.9. The van der Waals surface area contributed by atoms with Crippen molar-refractivity contribution in [3.8, 4) is 17.6 Å². The Morgan fingerprint density at radius 3 is 2.37 bits per heavy atom. The van der Waals surface area contributed by atoms with Crippen molar-refractivity contribution in [1.82, 2.24) is 0 Å². The summed E-state index contributed by atoms with van der Waals surface area (Å²) >= 11 is 6.40. The largest absolute Gasteiger partial charge is 0.493 e. The monoisotopic (exact) mass is 491 g/mol. The van der Waals surface area contributed by atoms with Crippen LogP contribution in [-0.4, -0.2) is 17.9 Å². The Morgan fingerprint density at radius 1 is 1.14 bits per heavy atom. The number of nitro groups is 1. The van der Waals surface area contributed by atoms with E-state index >= 15 is 0 Å². The van der Waals surface area contributed by atoms with Crippen molar-refractivity contribution in [1.29, 1.82) is 5.26 Å². The molecule has 0 aliphatic carbocycles. The molecule has 0 saturated carbocycles. The number of nitrogens with one attached hydrogen (secondary N) is 1. The fourth-order valence-electron chi connectivity index (χ4n) is 3.17. The van der Waals surface area contributed by atoms with Gasteiger partial charge in [-0.25, -0.2) is 0 Å². The van der Waals surface area contributed by atoms with E-state index in [0.717, 1.165) is 12.0 Å². The van der Waals surface area contributed by atoms with Crippen molar-refractivity contribution in [2.45, 2.75) is 20.0 Å². The van der Waals surface area contributed by atoms with Crippen LogP contribution in [0.4, 0.5) is 11.4 Å². The number of anilines is 1. The summed E-state index contributed by atoms with van der Waals surface area (Å²) in [5.41, 5.74) is 2.77. The van der Waals surface area contributed by atoms with E-state index in [9.17, 15) is 20.2 Å². The number of methoxy groups -OCH3 is 1. The Balaban J connectivity index is 1.77. The van der Waals surface area contributed by atoms with Gasteiger partial charge < -0.3 is 14.8 Å². The second-order valence-corrected chi connectivity index (χ2v) is 7.83. The molecule has 0 aliphatic rings. The number of nitro benzene ring substituents is 1. The number of nitrogens with zero attached hydrogens (tertiary/aromatic N) is 2. The second kappa shape index (κ2) is 11.7. The van der Waals surface area contributed by atoms with Crippen LogP contribution in [0, 0.1) is 21.4 Å². The highest BCUT2D eigenvalue weighted by atomic mass is 35.5. The normalized spacial score (nSPS) is 10.9. The number of hydrogen-bond donors (Lipinski definition) is 1. The van der Waals surface area contributed by atoms with Crippen LogP contribution in [-0.2, 0) is 17.8 Å². The predicted molar refractivity (Wildman–Crippen MR) is 133 cm³/mol. The average Bonchev–Trinajstić information content (AvgIpc) is 2.86. The number of ether oxygens (including phenoxy) is 2. The third-order valence-electron chi connectivity index (χ3n) is 5.08. The van der Waals surface area contributed by atoms with Gasteiger partial charge in [0.05, 0.1) is 17.1 Å². The molecule has 9 heteroatoms. The lowest BCUT2D eigenvalue weighted by Gasteiger charge is -2.13. The Labute approximate surface area is 207 Å². The van der Waals surface area contributed by atoms with Gasteiger partial charge in [-0.05, 0) is 65.6 Å². The highest BCUT2D eigenvalue weighted by molar-refractivity contribution is 6.32. The first-order valence-corrected chi connectivity index (χ1v) is 11.0. The fourth-order valence-corrected chi connectivity index (χ4v) is 3.44. The lowest BCUT2D eigenvalue weighted by molar-refractivity contribution is -0.384. The minimum absolute atomic E-state index is 0.0178. The Kier molecular flexibility index (Phi) is 8.43. The van der Waals surface area contributed by atoms with Gasteiger partial charge in [0.2, 0.25) is 0 Å². The van der Waals surface area contributed by atoms with Gasteiger partial charge in [-0.2, -0.15) is 5.26 Å². The van der Waals surface area contributed by atoms with E-state index in [-0.39, 0.29) is 28.6 Å². The molecule has 3 aromatic rings. The van der Waals surface area contributed by atoms with Crippen LogP contribution in [0.1, 0.15) is 23.6 Å². The van der Waals surface area contributed by atoms with Crippen molar-refractivity contribution in [2.24, 2.45) is 0 Å². The van der Waals surface area contributed by atoms with E-state index < -0.39 is 10.8 Å². The molecule has 8 nitrogen and oxygen atoms in total. The molecule has 0 spiro atoms. The highest BCUT2D eigenvalue weighted by Gasteiger charge is 2.15. The molecule has 0 aromatic heterocycles. The maximum atomic E-state index is 12.6. The zero-order chi connectivity index (χ0) is 25.4. The van der Waals surface area contributed by atoms with E-state index in [1.165, 1.54) is 25.3 Å². The van der Waals surface area contributed by atoms with E-state index in [4.69, 9.17) is 21.1 Å². The molecular formula is C26H22ClN3O5. The molecule has 0 fully saturated rings. The Morgan fingerprint density at radius 2 is 1.80 bits per heavy atom. The molecule has 0 unspecified atom stereocenters. The van der Waals surface area contributed by atoms with Crippen LogP contribution in [0.25, 0.3) is 6.08 Å². The van der Waals surface area contributed by atoms with Crippen molar-refractivity contribution < 1.29 is 19.2 Å². The molecule has 0 radical (unpaired) electrons. The molecule has 0 aliphatic heterocycles. The SMILES string of the molecule is CCc1ccc(NC(=O)/C(C#N)=C/c2cc(Cl)c(OCc3ccc([N+](=O)[O-])cc3)c(OC)c2)cc1. The van der Waals surface area contributed by atoms with Gasteiger partial charge in [0, 0.05) is 17.8 Å². The first kappa shape index (κ1) is 25.3. The third-order valence-corrected chi connectivity index (χ3v) is 5.36. The van der Waals surface area contributed by atoms with E-state index in [2.05, 4.69) is 5.32 Å². The number of carbonyl (C=O) groups excluding carboxylic acids is 1. The Bertz CT molecular complexity index is 1300. The maximum absolute atomic E-state index is 12.6. The Hall–Kier alpha value is -4.35. The number of nitriles is 1. The van der Waals surface area contributed by atoms with Crippen LogP contribution < -0.4 is 14.8 Å². The lowest BCUT2D eigenvalue weighted by atomic mass is 10.1. The molecule has 3 aromatic carbocycles. The third kappa shape index (κ3) is 6.59. The summed E-state index contributed by atoms with van der Waals surface area (Å²) in [6.07, 6.45) is 2.29. The summed E-state index contributed by atoms with van der Waals surface area (Å²) in [5.74, 6) is 0.0208. The molecule has 178 valence electrons. The van der Waals surface area contributed by atoms with Crippen molar-refractivity contribution in [2.75, 3.05) is 12.4 Å². The molecule has 0 bridgehead atoms. The number of carbonyl (C=O) groups is 1. The quantitative estimate of drug-likeness (QED) is 0.171. The summed E-state index contributed by atoms with van der Waals surface area (Å²) in [6.45, 7) is 2.14. The predicted octanol–water partition coefficient (Wildman–Crippen LogP) is 5.94. The van der Waals surface area contributed by atoms with Gasteiger partial charge in [-0.15, -0.1) is 0 Å². The van der Waals surface area contributed by atoms with Crippen LogP contribution >= 0.6 is 11.6 Å².